The van der Waals surface area contributed by atoms with Gasteiger partial charge < -0.3 is 5.11 Å². The molecule has 0 atom stereocenters. The van der Waals surface area contributed by atoms with E-state index in [0.717, 1.165) is 4.70 Å². The summed E-state index contributed by atoms with van der Waals surface area (Å²) in [5, 5.41) is 11.6. The summed E-state index contributed by atoms with van der Waals surface area (Å²) >= 11 is 1.50. The van der Waals surface area contributed by atoms with Crippen molar-refractivity contribution in [3.8, 4) is 0 Å². The first-order valence-corrected chi connectivity index (χ1v) is 5.44. The maximum absolute atomic E-state index is 13.8. The van der Waals surface area contributed by atoms with Gasteiger partial charge in [0.05, 0.1) is 6.61 Å². The van der Waals surface area contributed by atoms with Gasteiger partial charge in [-0.05, 0) is 35.1 Å². The maximum Gasteiger partial charge on any atom is 0.135 e. The summed E-state index contributed by atoms with van der Waals surface area (Å²) < 4.78 is 14.8. The number of thiophene rings is 1. The van der Waals surface area contributed by atoms with Crippen molar-refractivity contribution < 1.29 is 9.50 Å². The molecule has 0 aliphatic rings. The molecule has 1 heterocycles. The van der Waals surface area contributed by atoms with E-state index in [-0.39, 0.29) is 12.4 Å². The van der Waals surface area contributed by atoms with Crippen molar-refractivity contribution in [2.75, 3.05) is 0 Å². The van der Waals surface area contributed by atoms with Gasteiger partial charge in [-0.3, -0.25) is 0 Å². The summed E-state index contributed by atoms with van der Waals surface area (Å²) in [6.45, 7) is 1.81. The number of halogens is 1. The Balaban J connectivity index is 2.79. The third-order valence-corrected chi connectivity index (χ3v) is 3.28. The Morgan fingerprint density at radius 3 is 2.93 bits per heavy atom. The molecule has 0 spiro atoms. The van der Waals surface area contributed by atoms with Crippen molar-refractivity contribution in [2.24, 2.45) is 0 Å². The van der Waals surface area contributed by atoms with Gasteiger partial charge in [0.25, 0.3) is 0 Å². The molecule has 0 aliphatic carbocycles. The van der Waals surface area contributed by atoms with Gasteiger partial charge in [-0.25, -0.2) is 4.39 Å². The first-order chi connectivity index (χ1) is 6.77. The second-order valence-corrected chi connectivity index (χ2v) is 4.12. The van der Waals surface area contributed by atoms with Gasteiger partial charge >= 0.3 is 0 Å². The average molecular weight is 210 g/mol. The summed E-state index contributed by atoms with van der Waals surface area (Å²) in [6, 6.07) is 3.66. The highest BCUT2D eigenvalue weighted by Gasteiger charge is 2.11. The molecule has 1 N–H and O–H groups in total. The van der Waals surface area contributed by atoms with Crippen LogP contribution < -0.4 is 0 Å². The smallest absolute Gasteiger partial charge is 0.135 e. The molecule has 1 aromatic heterocycles. The number of aliphatic hydroxyl groups is 1. The van der Waals surface area contributed by atoms with Crippen molar-refractivity contribution in [2.45, 2.75) is 20.0 Å². The molecule has 1 nitrogen and oxygen atoms in total. The number of fused-ring (bicyclic) bond motifs is 1. The highest BCUT2D eigenvalue weighted by atomic mass is 32.1. The molecule has 1 aromatic carbocycles. The number of rotatable bonds is 2. The van der Waals surface area contributed by atoms with Crippen LogP contribution in [0, 0.1) is 5.82 Å². The minimum absolute atomic E-state index is 0.0894. The summed E-state index contributed by atoms with van der Waals surface area (Å²) in [5.41, 5.74) is 1.35. The lowest BCUT2D eigenvalue weighted by Gasteiger charge is -2.07. The minimum Gasteiger partial charge on any atom is -0.392 e. The lowest BCUT2D eigenvalue weighted by molar-refractivity contribution is 0.280. The molecule has 2 aromatic rings. The fourth-order valence-corrected chi connectivity index (χ4v) is 2.53. The second-order valence-electron chi connectivity index (χ2n) is 3.17. The Morgan fingerprint density at radius 1 is 1.50 bits per heavy atom. The standard InChI is InChI=1S/C11H11FOS/c1-2-8-7(6-13)5-10-9(11(8)12)3-4-14-10/h3-5,13H,2,6H2,1H3. The van der Waals surface area contributed by atoms with Crippen molar-refractivity contribution in [3.05, 3.63) is 34.5 Å². The van der Waals surface area contributed by atoms with Gasteiger partial charge in [-0.2, -0.15) is 0 Å². The van der Waals surface area contributed by atoms with Crippen molar-refractivity contribution >= 4 is 21.4 Å². The van der Waals surface area contributed by atoms with E-state index in [1.54, 1.807) is 6.07 Å². The largest absolute Gasteiger partial charge is 0.392 e. The first-order valence-electron chi connectivity index (χ1n) is 4.56. The molecule has 0 aliphatic heterocycles. The number of aliphatic hydroxyl groups excluding tert-OH is 1. The molecule has 14 heavy (non-hydrogen) atoms. The zero-order chi connectivity index (χ0) is 10.1. The van der Waals surface area contributed by atoms with E-state index in [2.05, 4.69) is 0 Å². The highest BCUT2D eigenvalue weighted by molar-refractivity contribution is 7.17. The van der Waals surface area contributed by atoms with E-state index in [1.165, 1.54) is 11.3 Å². The average Bonchev–Trinajstić information content (AvgIpc) is 2.65. The van der Waals surface area contributed by atoms with Crippen LogP contribution in [0.15, 0.2) is 17.5 Å². The quantitative estimate of drug-likeness (QED) is 0.807. The van der Waals surface area contributed by atoms with Crippen LogP contribution in [-0.4, -0.2) is 5.11 Å². The third-order valence-electron chi connectivity index (χ3n) is 2.41. The molecule has 2 rings (SSSR count). The zero-order valence-electron chi connectivity index (χ0n) is 7.88. The van der Waals surface area contributed by atoms with E-state index in [0.29, 0.717) is 22.9 Å². The minimum atomic E-state index is -0.171. The molecule has 0 fully saturated rings. The van der Waals surface area contributed by atoms with Crippen LogP contribution in [0.25, 0.3) is 10.1 Å². The molecule has 0 radical (unpaired) electrons. The SMILES string of the molecule is CCc1c(CO)cc2sccc2c1F. The van der Waals surface area contributed by atoms with E-state index in [1.807, 2.05) is 18.4 Å². The Labute approximate surface area is 85.8 Å². The van der Waals surface area contributed by atoms with Crippen LogP contribution in [0.1, 0.15) is 18.1 Å². The number of hydrogen-bond acceptors (Lipinski definition) is 2. The lowest BCUT2D eigenvalue weighted by atomic mass is 10.0. The van der Waals surface area contributed by atoms with E-state index >= 15 is 0 Å². The fourth-order valence-electron chi connectivity index (χ4n) is 1.69. The van der Waals surface area contributed by atoms with Gasteiger partial charge in [-0.15, -0.1) is 11.3 Å². The maximum atomic E-state index is 13.8. The summed E-state index contributed by atoms with van der Waals surface area (Å²) in [5.74, 6) is -0.171. The van der Waals surface area contributed by atoms with Crippen LogP contribution >= 0.6 is 11.3 Å². The Kier molecular flexibility index (Phi) is 2.52. The van der Waals surface area contributed by atoms with Gasteiger partial charge in [0.15, 0.2) is 0 Å². The second kappa shape index (κ2) is 3.67. The normalized spacial score (nSPS) is 11.1. The first kappa shape index (κ1) is 9.62. The van der Waals surface area contributed by atoms with E-state index < -0.39 is 0 Å². The molecule has 0 amide bonds. The van der Waals surface area contributed by atoms with Crippen molar-refractivity contribution in [1.29, 1.82) is 0 Å². The molecular formula is C11H11FOS. The number of benzene rings is 1. The van der Waals surface area contributed by atoms with Gasteiger partial charge in [0, 0.05) is 10.1 Å². The molecule has 0 bridgehead atoms. The molecule has 0 saturated heterocycles. The molecule has 3 heteroatoms. The molecular weight excluding hydrogens is 199 g/mol. The summed E-state index contributed by atoms with van der Waals surface area (Å²) in [6.07, 6.45) is 0.619. The third kappa shape index (κ3) is 1.33. The monoisotopic (exact) mass is 210 g/mol. The Morgan fingerprint density at radius 2 is 2.29 bits per heavy atom. The fraction of sp³-hybridized carbons (Fsp3) is 0.273. The Bertz CT molecular complexity index is 462. The van der Waals surface area contributed by atoms with Crippen molar-refractivity contribution in [1.82, 2.24) is 0 Å². The molecule has 74 valence electrons. The lowest BCUT2D eigenvalue weighted by Crippen LogP contribution is -1.96. The zero-order valence-corrected chi connectivity index (χ0v) is 8.70. The predicted molar refractivity (Wildman–Crippen MR) is 57.1 cm³/mol. The van der Waals surface area contributed by atoms with Gasteiger partial charge in [0.1, 0.15) is 5.82 Å². The number of hydrogen-bond donors (Lipinski definition) is 1. The summed E-state index contributed by atoms with van der Waals surface area (Å²) in [7, 11) is 0. The van der Waals surface area contributed by atoms with Crippen LogP contribution in [0.4, 0.5) is 4.39 Å². The highest BCUT2D eigenvalue weighted by Crippen LogP contribution is 2.29. The molecule has 0 saturated carbocycles. The van der Waals surface area contributed by atoms with Crippen molar-refractivity contribution in [3.63, 3.8) is 0 Å². The topological polar surface area (TPSA) is 20.2 Å². The summed E-state index contributed by atoms with van der Waals surface area (Å²) in [4.78, 5) is 0. The van der Waals surface area contributed by atoms with E-state index in [9.17, 15) is 4.39 Å². The van der Waals surface area contributed by atoms with Gasteiger partial charge in [-0.1, -0.05) is 6.92 Å². The van der Waals surface area contributed by atoms with Crippen LogP contribution in [0.5, 0.6) is 0 Å². The Hall–Kier alpha value is -0.930. The predicted octanol–water partition coefficient (Wildman–Crippen LogP) is 3.10. The van der Waals surface area contributed by atoms with Crippen LogP contribution in [-0.2, 0) is 13.0 Å². The van der Waals surface area contributed by atoms with E-state index in [4.69, 9.17) is 5.11 Å². The molecule has 0 unspecified atom stereocenters. The van der Waals surface area contributed by atoms with Gasteiger partial charge in [0.2, 0.25) is 0 Å². The van der Waals surface area contributed by atoms with Crippen LogP contribution in [0.3, 0.4) is 0 Å². The van der Waals surface area contributed by atoms with Crippen LogP contribution in [0.2, 0.25) is 0 Å².